The Kier molecular flexibility index (Phi) is 14.6. The smallest absolute Gasteiger partial charge is 0.334 e. The number of esters is 2. The van der Waals surface area contributed by atoms with Crippen LogP contribution in [-0.4, -0.2) is 132 Å². The molecular formula is C43H68N4O9S2. The highest BCUT2D eigenvalue weighted by Crippen LogP contribution is 2.62. The van der Waals surface area contributed by atoms with E-state index in [1.807, 2.05) is 35.6 Å². The Morgan fingerprint density at radius 2 is 1.97 bits per heavy atom. The van der Waals surface area contributed by atoms with Crippen LogP contribution in [0.5, 0.6) is 0 Å². The summed E-state index contributed by atoms with van der Waals surface area (Å²) in [5.41, 5.74) is 6.44. The predicted octanol–water partition coefficient (Wildman–Crippen LogP) is 3.16. The normalized spacial score (nSPS) is 40.9. The fraction of sp³-hybridized carbons (Fsp3) is 0.837. The quantitative estimate of drug-likeness (QED) is 0.0727. The fourth-order valence-corrected chi connectivity index (χ4v) is 14.6. The van der Waals surface area contributed by atoms with E-state index in [0.717, 1.165) is 31.0 Å². The van der Waals surface area contributed by atoms with Crippen molar-refractivity contribution >= 4 is 39.4 Å². The largest absolute Gasteiger partial charge is 0.462 e. The molecule has 0 aromatic carbocycles. The summed E-state index contributed by atoms with van der Waals surface area (Å²) >= 11 is 0. The van der Waals surface area contributed by atoms with E-state index in [9.17, 15) is 29.7 Å². The average molecular weight is 849 g/mol. The Morgan fingerprint density at radius 1 is 1.14 bits per heavy atom. The van der Waals surface area contributed by atoms with Gasteiger partial charge in [0.15, 0.2) is 0 Å². The number of amides is 1. The molecule has 58 heavy (non-hydrogen) atoms. The molecule has 7 N–H and O–H groups in total. The first-order valence-corrected chi connectivity index (χ1v) is 24.4. The number of piperidine rings is 1. The molecule has 13 nitrogen and oxygen atoms in total. The van der Waals surface area contributed by atoms with Gasteiger partial charge in [-0.2, -0.15) is 0 Å². The zero-order chi connectivity index (χ0) is 41.2. The SMILES string of the molecule is CC=C(CCO)C(=O)O[C@@]1(C)CC=C2CSSC[C@H]3[C@@H](CNC)CN3C(=O)CC3CNC(N)CC3[C@H]2[C@@]12CC1CC3CC(C[C@H](CO)CCCO)C(=O)OC3CC1O2. The predicted molar refractivity (Wildman–Crippen MR) is 224 cm³/mol. The van der Waals surface area contributed by atoms with E-state index in [1.165, 1.54) is 5.57 Å². The molecule has 0 aromatic heterocycles. The number of aliphatic hydroxyl groups is 3. The van der Waals surface area contributed by atoms with Gasteiger partial charge in [-0.1, -0.05) is 39.3 Å². The number of allylic oxidation sites excluding steroid dienone is 1. The minimum Gasteiger partial charge on any atom is -0.462 e. The summed E-state index contributed by atoms with van der Waals surface area (Å²) in [5.74, 6) is 1.25. The number of aliphatic hydroxyl groups excluding tert-OH is 3. The van der Waals surface area contributed by atoms with Gasteiger partial charge in [0.05, 0.1) is 18.2 Å². The number of carbonyl (C=O) groups is 3. The molecule has 5 heterocycles. The monoisotopic (exact) mass is 848 g/mol. The molecule has 7 rings (SSSR count). The van der Waals surface area contributed by atoms with Crippen LogP contribution in [0.4, 0.5) is 0 Å². The Balaban J connectivity index is 1.23. The van der Waals surface area contributed by atoms with Crippen LogP contribution in [0.15, 0.2) is 23.3 Å². The third kappa shape index (κ3) is 8.82. The molecule has 0 aromatic rings. The highest BCUT2D eigenvalue weighted by atomic mass is 33.1. The van der Waals surface area contributed by atoms with Crippen molar-refractivity contribution < 1.29 is 43.9 Å². The maximum atomic E-state index is 14.3. The molecular weight excluding hydrogens is 781 g/mol. The second-order valence-corrected chi connectivity index (χ2v) is 21.0. The van der Waals surface area contributed by atoms with E-state index in [4.69, 9.17) is 19.9 Å². The third-order valence-corrected chi connectivity index (χ3v) is 17.5. The molecule has 5 aliphatic heterocycles. The van der Waals surface area contributed by atoms with Crippen LogP contribution in [0.3, 0.4) is 0 Å². The Morgan fingerprint density at radius 3 is 2.71 bits per heavy atom. The number of hydrogen-bond donors (Lipinski definition) is 6. The van der Waals surface area contributed by atoms with E-state index in [0.29, 0.717) is 75.8 Å². The summed E-state index contributed by atoms with van der Waals surface area (Å²) in [7, 11) is 5.63. The van der Waals surface area contributed by atoms with Gasteiger partial charge in [0.25, 0.3) is 0 Å². The molecule has 2 aliphatic carbocycles. The van der Waals surface area contributed by atoms with Crippen LogP contribution in [0.1, 0.15) is 84.5 Å². The lowest BCUT2D eigenvalue weighted by Gasteiger charge is -2.57. The van der Waals surface area contributed by atoms with Crippen molar-refractivity contribution in [2.75, 3.05) is 58.0 Å². The number of nitrogens with zero attached hydrogens (tertiary/aromatic N) is 1. The van der Waals surface area contributed by atoms with Crippen LogP contribution in [0, 0.1) is 47.3 Å². The number of nitrogens with one attached hydrogen (secondary N) is 2. The van der Waals surface area contributed by atoms with Crippen molar-refractivity contribution in [3.63, 3.8) is 0 Å². The molecule has 5 saturated heterocycles. The van der Waals surface area contributed by atoms with Crippen molar-refractivity contribution in [2.24, 2.45) is 53.1 Å². The van der Waals surface area contributed by atoms with Crippen LogP contribution in [0.2, 0.25) is 0 Å². The van der Waals surface area contributed by atoms with E-state index in [1.54, 1.807) is 13.0 Å². The number of fused-ring (bicyclic) bond motifs is 7. The zero-order valence-corrected chi connectivity index (χ0v) is 36.3. The Labute approximate surface area is 352 Å². The molecule has 15 heteroatoms. The molecule has 8 unspecified atom stereocenters. The van der Waals surface area contributed by atoms with E-state index < -0.39 is 17.2 Å². The van der Waals surface area contributed by atoms with E-state index >= 15 is 0 Å². The molecule has 326 valence electrons. The second-order valence-electron chi connectivity index (χ2n) is 18.5. The standard InChI is InChI=1S/C43H68N4O9S2/c1-4-26(8-11-49)41(53)56-42(2)9-7-27-23-57-58-24-34-32(19-45-3)21-47(34)38(51)15-31-20-46-37(44)16-33(31)39(27)43(42)18-30-14-28-13-29(12-25(22-50)6-5-10-48)40(52)54-35(28)17-36(30)55-43/h4,7,25,28-37,39,45-46,48-50H,5-6,8-24,44H2,1-3H3/t25-,28?,29?,30?,31?,32+,33?,34+,35?,36?,37?,39+,42+,43+/m1/s1. The van der Waals surface area contributed by atoms with Gasteiger partial charge < -0.3 is 50.8 Å². The van der Waals surface area contributed by atoms with Crippen LogP contribution in [-0.2, 0) is 28.6 Å². The van der Waals surface area contributed by atoms with Crippen molar-refractivity contribution in [3.8, 4) is 0 Å². The lowest BCUT2D eigenvalue weighted by Crippen LogP contribution is -2.66. The molecule has 6 fully saturated rings. The Bertz CT molecular complexity index is 1550. The molecule has 0 radical (unpaired) electrons. The first-order valence-electron chi connectivity index (χ1n) is 21.9. The highest BCUT2D eigenvalue weighted by molar-refractivity contribution is 8.76. The third-order valence-electron chi connectivity index (χ3n) is 15.1. The van der Waals surface area contributed by atoms with Crippen LogP contribution < -0.4 is 16.4 Å². The summed E-state index contributed by atoms with van der Waals surface area (Å²) in [6.07, 6.45) is 9.44. The summed E-state index contributed by atoms with van der Waals surface area (Å²) in [6.45, 7) is 5.93. The molecule has 7 aliphatic rings. The first-order chi connectivity index (χ1) is 28.0. The molecule has 14 atom stereocenters. The number of ether oxygens (including phenoxy) is 3. The Hall–Kier alpha value is -1.69. The minimum absolute atomic E-state index is 0.0157. The zero-order valence-electron chi connectivity index (χ0n) is 34.7. The number of hydrogen-bond acceptors (Lipinski definition) is 14. The summed E-state index contributed by atoms with van der Waals surface area (Å²) in [6, 6.07) is 0.202. The number of nitrogens with two attached hydrogens (primary N) is 1. The number of carbonyl (C=O) groups excluding carboxylic acids is 3. The van der Waals surface area contributed by atoms with Gasteiger partial charge in [-0.05, 0) is 95.4 Å². The minimum atomic E-state index is -1.08. The van der Waals surface area contributed by atoms with Gasteiger partial charge >= 0.3 is 11.9 Å². The lowest BCUT2D eigenvalue weighted by atomic mass is 9.56. The second kappa shape index (κ2) is 19.1. The summed E-state index contributed by atoms with van der Waals surface area (Å²) in [4.78, 5) is 43.9. The highest BCUT2D eigenvalue weighted by Gasteiger charge is 2.68. The van der Waals surface area contributed by atoms with Crippen molar-refractivity contribution in [3.05, 3.63) is 23.3 Å². The van der Waals surface area contributed by atoms with Crippen molar-refractivity contribution in [1.82, 2.24) is 15.5 Å². The van der Waals surface area contributed by atoms with Gasteiger partial charge in [0.1, 0.15) is 17.3 Å². The maximum absolute atomic E-state index is 14.3. The van der Waals surface area contributed by atoms with E-state index in [2.05, 4.69) is 21.6 Å². The van der Waals surface area contributed by atoms with Gasteiger partial charge in [-0.15, -0.1) is 0 Å². The van der Waals surface area contributed by atoms with Crippen LogP contribution >= 0.6 is 21.6 Å². The van der Waals surface area contributed by atoms with Gasteiger partial charge in [0, 0.05) is 100 Å². The first kappa shape index (κ1) is 44.4. The topological polar surface area (TPSA) is 193 Å². The number of rotatable bonds is 12. The lowest BCUT2D eigenvalue weighted by molar-refractivity contribution is -0.230. The van der Waals surface area contributed by atoms with E-state index in [-0.39, 0.29) is 104 Å². The maximum Gasteiger partial charge on any atom is 0.334 e. The summed E-state index contributed by atoms with van der Waals surface area (Å²) in [5, 5.41) is 36.1. The molecule has 0 bridgehead atoms. The van der Waals surface area contributed by atoms with Gasteiger partial charge in [0.2, 0.25) is 5.91 Å². The van der Waals surface area contributed by atoms with Crippen molar-refractivity contribution in [1.29, 1.82) is 0 Å². The average Bonchev–Trinajstić information content (AvgIpc) is 3.56. The molecule has 1 saturated carbocycles. The fourth-order valence-electron chi connectivity index (χ4n) is 12.0. The summed E-state index contributed by atoms with van der Waals surface area (Å²) < 4.78 is 20.6. The molecule has 1 amide bonds. The van der Waals surface area contributed by atoms with Crippen LogP contribution in [0.25, 0.3) is 0 Å². The van der Waals surface area contributed by atoms with Crippen molar-refractivity contribution in [2.45, 2.75) is 120 Å². The van der Waals surface area contributed by atoms with Gasteiger partial charge in [-0.25, -0.2) is 4.79 Å². The van der Waals surface area contributed by atoms with Gasteiger partial charge in [-0.3, -0.25) is 9.59 Å². The molecule has 1 spiro atoms.